The van der Waals surface area contributed by atoms with Crippen LogP contribution >= 0.6 is 0 Å². The third-order valence-corrected chi connectivity index (χ3v) is 3.82. The van der Waals surface area contributed by atoms with E-state index < -0.39 is 0 Å². The summed E-state index contributed by atoms with van der Waals surface area (Å²) in [4.78, 5) is 8.87. The second-order valence-corrected chi connectivity index (χ2v) is 5.31. The van der Waals surface area contributed by atoms with Crippen LogP contribution in [-0.2, 0) is 4.74 Å². The molecule has 3 heterocycles. The SMILES string of the molecule is Oc1ccc(-c2cnc3cnc(C4=COCCC4)cn23)cc1. The molecule has 22 heavy (non-hydrogen) atoms. The average Bonchev–Trinajstić information content (AvgIpc) is 2.99. The van der Waals surface area contributed by atoms with E-state index in [0.29, 0.717) is 0 Å². The van der Waals surface area contributed by atoms with Crippen molar-refractivity contribution in [1.29, 1.82) is 0 Å². The van der Waals surface area contributed by atoms with Gasteiger partial charge in [-0.3, -0.25) is 9.38 Å². The molecule has 4 rings (SSSR count). The van der Waals surface area contributed by atoms with Crippen LogP contribution in [0.5, 0.6) is 5.75 Å². The molecule has 5 nitrogen and oxygen atoms in total. The molecule has 0 saturated carbocycles. The summed E-state index contributed by atoms with van der Waals surface area (Å²) in [7, 11) is 0. The number of benzene rings is 1. The van der Waals surface area contributed by atoms with Crippen LogP contribution in [-0.4, -0.2) is 26.1 Å². The first-order valence-electron chi connectivity index (χ1n) is 7.25. The molecule has 0 spiro atoms. The molecule has 3 aromatic rings. The van der Waals surface area contributed by atoms with Crippen LogP contribution in [0.2, 0.25) is 0 Å². The van der Waals surface area contributed by atoms with Gasteiger partial charge in [0, 0.05) is 17.3 Å². The molecule has 110 valence electrons. The first-order valence-corrected chi connectivity index (χ1v) is 7.25. The van der Waals surface area contributed by atoms with Crippen molar-refractivity contribution in [2.75, 3.05) is 6.61 Å². The lowest BCUT2D eigenvalue weighted by atomic mass is 10.1. The summed E-state index contributed by atoms with van der Waals surface area (Å²) < 4.78 is 7.42. The van der Waals surface area contributed by atoms with Gasteiger partial charge in [0.1, 0.15) is 5.75 Å². The third kappa shape index (κ3) is 2.20. The molecule has 0 radical (unpaired) electrons. The zero-order chi connectivity index (χ0) is 14.9. The van der Waals surface area contributed by atoms with Gasteiger partial charge in [0.05, 0.1) is 36.7 Å². The fourth-order valence-electron chi connectivity index (χ4n) is 2.65. The topological polar surface area (TPSA) is 59.7 Å². The Morgan fingerprint density at radius 2 is 1.95 bits per heavy atom. The van der Waals surface area contributed by atoms with E-state index in [0.717, 1.165) is 47.6 Å². The highest BCUT2D eigenvalue weighted by Gasteiger charge is 2.12. The number of allylic oxidation sites excluding steroid dienone is 1. The number of hydrogen-bond donors (Lipinski definition) is 1. The summed E-state index contributed by atoms with van der Waals surface area (Å²) in [6.07, 6.45) is 9.37. The van der Waals surface area contributed by atoms with Crippen molar-refractivity contribution in [3.63, 3.8) is 0 Å². The van der Waals surface area contributed by atoms with E-state index in [1.54, 1.807) is 24.6 Å². The molecule has 1 aliphatic rings. The fraction of sp³-hybridized carbons (Fsp3) is 0.176. The first-order chi connectivity index (χ1) is 10.8. The maximum atomic E-state index is 9.43. The molecule has 5 heteroatoms. The molecule has 0 atom stereocenters. The Bertz CT molecular complexity index is 850. The number of phenolic OH excluding ortho intramolecular Hbond substituents is 1. The number of nitrogens with zero attached hydrogens (tertiary/aromatic N) is 3. The minimum Gasteiger partial charge on any atom is -0.508 e. The lowest BCUT2D eigenvalue weighted by Crippen LogP contribution is -2.02. The summed E-state index contributed by atoms with van der Waals surface area (Å²) in [6.45, 7) is 0.773. The summed E-state index contributed by atoms with van der Waals surface area (Å²) in [6, 6.07) is 7.10. The number of ether oxygens (including phenoxy) is 1. The van der Waals surface area contributed by atoms with Gasteiger partial charge in [-0.05, 0) is 37.1 Å². The van der Waals surface area contributed by atoms with Crippen LogP contribution in [0, 0.1) is 0 Å². The fourth-order valence-corrected chi connectivity index (χ4v) is 2.65. The maximum Gasteiger partial charge on any atom is 0.155 e. The molecule has 1 aromatic carbocycles. The molecule has 0 bridgehead atoms. The Morgan fingerprint density at radius 1 is 1.09 bits per heavy atom. The number of fused-ring (bicyclic) bond motifs is 1. The number of aromatic hydroxyl groups is 1. The number of rotatable bonds is 2. The normalized spacial score (nSPS) is 14.6. The van der Waals surface area contributed by atoms with Gasteiger partial charge in [-0.2, -0.15) is 0 Å². The molecular weight excluding hydrogens is 278 g/mol. The van der Waals surface area contributed by atoms with Crippen LogP contribution in [0.25, 0.3) is 22.5 Å². The highest BCUT2D eigenvalue weighted by Crippen LogP contribution is 2.26. The molecule has 0 saturated heterocycles. The summed E-state index contributed by atoms with van der Waals surface area (Å²) in [5.41, 5.74) is 4.78. The summed E-state index contributed by atoms with van der Waals surface area (Å²) in [5, 5.41) is 9.43. The number of hydrogen-bond acceptors (Lipinski definition) is 4. The Balaban J connectivity index is 1.83. The molecule has 0 unspecified atom stereocenters. The zero-order valence-electron chi connectivity index (χ0n) is 11.9. The number of phenols is 1. The number of imidazole rings is 1. The average molecular weight is 293 g/mol. The van der Waals surface area contributed by atoms with E-state index in [1.165, 1.54) is 0 Å². The second-order valence-electron chi connectivity index (χ2n) is 5.31. The molecule has 1 aliphatic heterocycles. The van der Waals surface area contributed by atoms with Crippen molar-refractivity contribution in [2.45, 2.75) is 12.8 Å². The van der Waals surface area contributed by atoms with Crippen molar-refractivity contribution >= 4 is 11.2 Å². The minimum absolute atomic E-state index is 0.254. The van der Waals surface area contributed by atoms with Crippen LogP contribution in [0.4, 0.5) is 0 Å². The summed E-state index contributed by atoms with van der Waals surface area (Å²) in [5.74, 6) is 0.254. The Labute approximate surface area is 127 Å². The molecule has 0 aliphatic carbocycles. The highest BCUT2D eigenvalue weighted by atomic mass is 16.5. The van der Waals surface area contributed by atoms with Gasteiger partial charge in [0.15, 0.2) is 5.65 Å². The van der Waals surface area contributed by atoms with Gasteiger partial charge in [-0.25, -0.2) is 4.98 Å². The lowest BCUT2D eigenvalue weighted by Gasteiger charge is -2.13. The molecule has 0 fully saturated rings. The van der Waals surface area contributed by atoms with Crippen molar-refractivity contribution < 1.29 is 9.84 Å². The van der Waals surface area contributed by atoms with Crippen molar-refractivity contribution in [1.82, 2.24) is 14.4 Å². The van der Waals surface area contributed by atoms with E-state index in [4.69, 9.17) is 4.74 Å². The van der Waals surface area contributed by atoms with Crippen molar-refractivity contribution in [3.05, 3.63) is 54.8 Å². The van der Waals surface area contributed by atoms with Gasteiger partial charge in [0.25, 0.3) is 0 Å². The maximum absolute atomic E-state index is 9.43. The van der Waals surface area contributed by atoms with E-state index in [9.17, 15) is 5.11 Å². The minimum atomic E-state index is 0.254. The van der Waals surface area contributed by atoms with Crippen molar-refractivity contribution in [3.8, 4) is 17.0 Å². The van der Waals surface area contributed by atoms with Gasteiger partial charge in [-0.15, -0.1) is 0 Å². The lowest BCUT2D eigenvalue weighted by molar-refractivity contribution is 0.235. The molecular formula is C17H15N3O2. The first kappa shape index (κ1) is 12.9. The Kier molecular flexibility index (Phi) is 3.04. The van der Waals surface area contributed by atoms with E-state index >= 15 is 0 Å². The van der Waals surface area contributed by atoms with Gasteiger partial charge >= 0.3 is 0 Å². The quantitative estimate of drug-likeness (QED) is 0.788. The van der Waals surface area contributed by atoms with Crippen molar-refractivity contribution in [2.24, 2.45) is 0 Å². The van der Waals surface area contributed by atoms with Crippen LogP contribution < -0.4 is 0 Å². The largest absolute Gasteiger partial charge is 0.508 e. The van der Waals surface area contributed by atoms with Gasteiger partial charge in [-0.1, -0.05) is 0 Å². The van der Waals surface area contributed by atoms with Crippen LogP contribution in [0.15, 0.2) is 49.1 Å². The predicted molar refractivity (Wildman–Crippen MR) is 83.3 cm³/mol. The van der Waals surface area contributed by atoms with Gasteiger partial charge < -0.3 is 9.84 Å². The molecule has 2 aromatic heterocycles. The van der Waals surface area contributed by atoms with Crippen LogP contribution in [0.3, 0.4) is 0 Å². The molecule has 0 amide bonds. The Morgan fingerprint density at radius 3 is 2.73 bits per heavy atom. The number of aromatic nitrogens is 3. The predicted octanol–water partition coefficient (Wildman–Crippen LogP) is 3.25. The standard InChI is InChI=1S/C17H15N3O2/c21-14-5-3-12(4-6-14)16-8-19-17-9-18-15(10-20(16)17)13-2-1-7-22-11-13/h3-6,8-11,21H,1-2,7H2. The van der Waals surface area contributed by atoms with Crippen LogP contribution in [0.1, 0.15) is 18.5 Å². The summed E-state index contributed by atoms with van der Waals surface area (Å²) >= 11 is 0. The van der Waals surface area contributed by atoms with E-state index in [-0.39, 0.29) is 5.75 Å². The highest BCUT2D eigenvalue weighted by molar-refractivity contribution is 5.67. The zero-order valence-corrected chi connectivity index (χ0v) is 11.9. The van der Waals surface area contributed by atoms with E-state index in [1.807, 2.05) is 28.9 Å². The Hall–Kier alpha value is -2.82. The van der Waals surface area contributed by atoms with Gasteiger partial charge in [0.2, 0.25) is 0 Å². The van der Waals surface area contributed by atoms with E-state index in [2.05, 4.69) is 9.97 Å². The third-order valence-electron chi connectivity index (χ3n) is 3.82. The smallest absolute Gasteiger partial charge is 0.155 e. The monoisotopic (exact) mass is 293 g/mol. The second kappa shape index (κ2) is 5.18. The molecule has 1 N–H and O–H groups in total.